The van der Waals surface area contributed by atoms with Crippen LogP contribution in [0, 0.1) is 29.2 Å². The van der Waals surface area contributed by atoms with Crippen molar-refractivity contribution in [2.45, 2.75) is 0 Å². The third kappa shape index (κ3) is 3.56. The minimum absolute atomic E-state index is 0.00764. The Kier molecular flexibility index (Phi) is 5.12. The molecule has 0 bridgehead atoms. The number of nitriles is 2. The van der Waals surface area contributed by atoms with Crippen LogP contribution in [0.4, 0.5) is 0 Å². The molecule has 8 nitrogen and oxygen atoms in total. The van der Waals surface area contributed by atoms with E-state index in [1.54, 1.807) is 18.2 Å². The van der Waals surface area contributed by atoms with E-state index in [0.29, 0.717) is 28.4 Å². The van der Waals surface area contributed by atoms with Crippen LogP contribution in [-0.2, 0) is 0 Å². The lowest BCUT2D eigenvalue weighted by molar-refractivity contribution is 1.07. The Hall–Kier alpha value is -5.52. The van der Waals surface area contributed by atoms with Crippen LogP contribution in [0.25, 0.3) is 39.0 Å². The van der Waals surface area contributed by atoms with Crippen molar-refractivity contribution in [3.05, 3.63) is 112 Å². The number of rotatable bonds is 3. The second-order valence-corrected chi connectivity index (χ2v) is 7.13. The predicted octanol–water partition coefficient (Wildman–Crippen LogP) is 3.61. The van der Waals surface area contributed by atoms with E-state index in [4.69, 9.17) is 11.8 Å². The van der Waals surface area contributed by atoms with Gasteiger partial charge in [-0.2, -0.15) is 5.26 Å². The van der Waals surface area contributed by atoms with E-state index in [9.17, 15) is 5.26 Å². The van der Waals surface area contributed by atoms with Crippen molar-refractivity contribution in [1.29, 1.82) is 10.5 Å². The van der Waals surface area contributed by atoms with Gasteiger partial charge in [0, 0.05) is 16.7 Å². The van der Waals surface area contributed by atoms with Gasteiger partial charge in [-0.3, -0.25) is 0 Å². The van der Waals surface area contributed by atoms with Gasteiger partial charge in [0.2, 0.25) is 0 Å². The number of aromatic nitrogens is 3. The summed E-state index contributed by atoms with van der Waals surface area (Å²) in [6, 6.07) is 26.4. The van der Waals surface area contributed by atoms with E-state index in [1.165, 1.54) is 0 Å². The first-order valence-electron chi connectivity index (χ1n) is 10.1. The quantitative estimate of drug-likeness (QED) is 0.359. The molecule has 34 heavy (non-hydrogen) atoms. The van der Waals surface area contributed by atoms with Crippen LogP contribution in [0.3, 0.4) is 0 Å². The molecule has 0 unspecified atom stereocenters. The minimum atomic E-state index is -0.237. The van der Waals surface area contributed by atoms with Gasteiger partial charge in [0.05, 0.1) is 23.6 Å². The molecular formula is C26H12N8. The van der Waals surface area contributed by atoms with E-state index >= 15 is 0 Å². The smallest absolute Gasteiger partial charge is 0.238 e. The molecule has 0 aliphatic carbocycles. The average Bonchev–Trinajstić information content (AvgIpc) is 3.33. The van der Waals surface area contributed by atoms with Crippen molar-refractivity contribution in [2.75, 3.05) is 0 Å². The maximum Gasteiger partial charge on any atom is 0.305 e. The molecule has 1 aliphatic heterocycles. The summed E-state index contributed by atoms with van der Waals surface area (Å²) in [5.74, 6) is 1.24. The van der Waals surface area contributed by atoms with Gasteiger partial charge in [-0.1, -0.05) is 60.7 Å². The fraction of sp³-hybridized carbons (Fsp3) is 0. The average molecular weight is 436 g/mol. The summed E-state index contributed by atoms with van der Waals surface area (Å²) in [4.78, 5) is 25.7. The second kappa shape index (κ2) is 8.55. The van der Waals surface area contributed by atoms with E-state index in [-0.39, 0.29) is 22.4 Å². The molecule has 0 amide bonds. The van der Waals surface area contributed by atoms with Gasteiger partial charge in [-0.15, -0.1) is 0 Å². The van der Waals surface area contributed by atoms with E-state index in [1.807, 2.05) is 60.7 Å². The lowest BCUT2D eigenvalue weighted by atomic mass is 10.1. The van der Waals surface area contributed by atoms with Crippen LogP contribution in [0.5, 0.6) is 0 Å². The van der Waals surface area contributed by atoms with Gasteiger partial charge in [-0.25, -0.2) is 35.0 Å². The topological polar surface area (TPSA) is 115 Å². The summed E-state index contributed by atoms with van der Waals surface area (Å²) in [7, 11) is 0. The number of nitrogens with zero attached hydrogens (tertiary/aromatic N) is 8. The molecule has 5 rings (SSSR count). The Morgan fingerprint density at radius 1 is 0.735 bits per heavy atom. The zero-order chi connectivity index (χ0) is 23.5. The molecule has 156 valence electrons. The van der Waals surface area contributed by atoms with Crippen LogP contribution in [-0.4, -0.2) is 15.0 Å². The number of benzene rings is 3. The lowest BCUT2D eigenvalue weighted by Gasteiger charge is -2.09. The van der Waals surface area contributed by atoms with Crippen molar-refractivity contribution in [1.82, 2.24) is 15.0 Å². The maximum atomic E-state index is 9.99. The summed E-state index contributed by atoms with van der Waals surface area (Å²) in [5.41, 5.74) is 2.05. The molecular weight excluding hydrogens is 424 g/mol. The Morgan fingerprint density at radius 2 is 1.32 bits per heavy atom. The van der Waals surface area contributed by atoms with Crippen LogP contribution < -0.4 is 10.7 Å². The summed E-state index contributed by atoms with van der Waals surface area (Å²) >= 11 is 0. The van der Waals surface area contributed by atoms with Crippen molar-refractivity contribution in [3.63, 3.8) is 0 Å². The molecule has 4 aromatic rings. The zero-order valence-electron chi connectivity index (χ0n) is 17.5. The largest absolute Gasteiger partial charge is 0.305 e. The fourth-order valence-corrected chi connectivity index (χ4v) is 3.49. The number of fused-ring (bicyclic) bond motifs is 1. The Labute approximate surface area is 194 Å². The second-order valence-electron chi connectivity index (χ2n) is 7.13. The first-order valence-corrected chi connectivity index (χ1v) is 10.1. The van der Waals surface area contributed by atoms with Gasteiger partial charge in [-0.05, 0) is 12.1 Å². The molecule has 1 aromatic heterocycles. The molecule has 0 fully saturated rings. The third-order valence-electron chi connectivity index (χ3n) is 5.08. The van der Waals surface area contributed by atoms with Gasteiger partial charge in [0.25, 0.3) is 0 Å². The first-order chi connectivity index (χ1) is 16.7. The highest BCUT2D eigenvalue weighted by Crippen LogP contribution is 2.25. The van der Waals surface area contributed by atoms with Gasteiger partial charge < -0.3 is 0 Å². The molecule has 2 heterocycles. The Morgan fingerprint density at radius 3 is 1.85 bits per heavy atom. The van der Waals surface area contributed by atoms with Crippen molar-refractivity contribution < 1.29 is 0 Å². The molecule has 8 heteroatoms. The molecule has 0 spiro atoms. The first kappa shape index (κ1) is 20.4. The maximum absolute atomic E-state index is 9.99. The normalized spacial score (nSPS) is 12.9. The van der Waals surface area contributed by atoms with Crippen LogP contribution in [0.2, 0.25) is 0 Å². The van der Waals surface area contributed by atoms with Crippen LogP contribution in [0.1, 0.15) is 5.56 Å². The zero-order valence-corrected chi connectivity index (χ0v) is 17.5. The standard InChI is InChI=1S/C26H12N8/c1-29-21(15-28)26-30-20-13-12-18(19(14-27)22(20)31-26)25-33-23(16-8-4-2-5-9-16)32-24(34-25)17-10-6-3-7-11-17/h2-13H/b26-21+. The van der Waals surface area contributed by atoms with Gasteiger partial charge >= 0.3 is 5.70 Å². The molecule has 0 saturated heterocycles. The number of hydrogen-bond acceptors (Lipinski definition) is 7. The molecule has 0 N–H and O–H groups in total. The highest BCUT2D eigenvalue weighted by Gasteiger charge is 2.19. The molecule has 0 saturated carbocycles. The molecule has 0 atom stereocenters. The predicted molar refractivity (Wildman–Crippen MR) is 122 cm³/mol. The van der Waals surface area contributed by atoms with Gasteiger partial charge in [0.15, 0.2) is 23.3 Å². The van der Waals surface area contributed by atoms with Crippen molar-refractivity contribution in [2.24, 2.45) is 9.98 Å². The van der Waals surface area contributed by atoms with E-state index < -0.39 is 0 Å². The molecule has 1 aliphatic rings. The Balaban J connectivity index is 1.78. The number of allylic oxidation sites excluding steroid dienone is 1. The fourth-order valence-electron chi connectivity index (χ4n) is 3.49. The van der Waals surface area contributed by atoms with Crippen molar-refractivity contribution in [3.8, 4) is 46.3 Å². The summed E-state index contributed by atoms with van der Waals surface area (Å²) in [6.07, 6.45) is 0. The van der Waals surface area contributed by atoms with E-state index in [0.717, 1.165) is 11.1 Å². The van der Waals surface area contributed by atoms with Gasteiger partial charge in [0.1, 0.15) is 11.4 Å². The lowest BCUT2D eigenvalue weighted by Crippen LogP contribution is -2.25. The summed E-state index contributed by atoms with van der Waals surface area (Å²) in [5, 5.41) is 19.9. The highest BCUT2D eigenvalue weighted by molar-refractivity contribution is 5.70. The molecule has 3 aromatic carbocycles. The van der Waals surface area contributed by atoms with Crippen LogP contribution in [0.15, 0.2) is 94.3 Å². The summed E-state index contributed by atoms with van der Waals surface area (Å²) in [6.45, 7) is 7.15. The molecule has 0 radical (unpaired) electrons. The monoisotopic (exact) mass is 436 g/mol. The number of hydrogen-bond donors (Lipinski definition) is 0. The SMILES string of the molecule is [C-]#[N+]/C(C#N)=C1\N=c2ccc(-c3nc(-c4ccccc4)nc(-c4ccccc4)n3)c(C#N)c2=N1. The Bertz CT molecular complexity index is 1640. The van der Waals surface area contributed by atoms with Crippen LogP contribution >= 0.6 is 0 Å². The summed E-state index contributed by atoms with van der Waals surface area (Å²) < 4.78 is 0. The van der Waals surface area contributed by atoms with Crippen molar-refractivity contribution >= 4 is 0 Å². The van der Waals surface area contributed by atoms with E-state index in [2.05, 4.69) is 35.9 Å². The minimum Gasteiger partial charge on any atom is -0.238 e. The highest BCUT2D eigenvalue weighted by atomic mass is 15.0. The third-order valence-corrected chi connectivity index (χ3v) is 5.08.